The summed E-state index contributed by atoms with van der Waals surface area (Å²) in [6.45, 7) is 0.366. The number of hydrogen-bond acceptors (Lipinski definition) is 3. The summed E-state index contributed by atoms with van der Waals surface area (Å²) in [6.07, 6.45) is 7.57. The van der Waals surface area contributed by atoms with Gasteiger partial charge in [-0.3, -0.25) is 4.99 Å². The summed E-state index contributed by atoms with van der Waals surface area (Å²) in [5, 5.41) is 5.10. The standard InChI is InChI=1S/C32H26Cl2N2O/c33-24-14-17-31(37-20-22-6-1-3-10-29(22)34)23(18-24)19-35-25-15-12-21(13-16-25)32-28-9-5-8-26(28)27-7-2-4-11-30(27)36-32/h1-8,10-19,26,28,32,36H,9,20H2/t26-,28+,32-/m0/s1. The number of fused-ring (bicyclic) bond motifs is 3. The van der Waals surface area contributed by atoms with Gasteiger partial charge in [0, 0.05) is 39.0 Å². The Morgan fingerprint density at radius 2 is 1.73 bits per heavy atom. The van der Waals surface area contributed by atoms with Crippen molar-refractivity contribution in [3.05, 3.63) is 135 Å². The quantitative estimate of drug-likeness (QED) is 0.201. The van der Waals surface area contributed by atoms with Gasteiger partial charge >= 0.3 is 0 Å². The molecule has 184 valence electrons. The summed E-state index contributed by atoms with van der Waals surface area (Å²) in [5.74, 6) is 1.69. The Hall–Kier alpha value is -3.53. The summed E-state index contributed by atoms with van der Waals surface area (Å²) < 4.78 is 6.07. The van der Waals surface area contributed by atoms with Crippen molar-refractivity contribution in [2.75, 3.05) is 5.32 Å². The van der Waals surface area contributed by atoms with Crippen LogP contribution in [0.15, 0.2) is 108 Å². The first-order chi connectivity index (χ1) is 18.2. The minimum absolute atomic E-state index is 0.269. The third-order valence-electron chi connectivity index (χ3n) is 7.19. The molecule has 0 unspecified atom stereocenters. The van der Waals surface area contributed by atoms with E-state index in [2.05, 4.69) is 66.0 Å². The first-order valence-electron chi connectivity index (χ1n) is 12.5. The minimum atomic E-state index is 0.269. The van der Waals surface area contributed by atoms with Crippen molar-refractivity contribution in [1.82, 2.24) is 0 Å². The largest absolute Gasteiger partial charge is 0.488 e. The third kappa shape index (κ3) is 5.02. The lowest BCUT2D eigenvalue weighted by molar-refractivity contribution is 0.306. The van der Waals surface area contributed by atoms with E-state index in [9.17, 15) is 0 Å². The average molecular weight is 525 g/mol. The minimum Gasteiger partial charge on any atom is -0.488 e. The fraction of sp³-hybridized carbons (Fsp3) is 0.156. The number of aliphatic imine (C=N–C) groups is 1. The summed E-state index contributed by atoms with van der Waals surface area (Å²) in [7, 11) is 0. The second-order valence-electron chi connectivity index (χ2n) is 9.47. The van der Waals surface area contributed by atoms with E-state index in [0.29, 0.717) is 34.2 Å². The molecule has 0 aromatic heterocycles. The van der Waals surface area contributed by atoms with E-state index in [1.54, 1.807) is 6.21 Å². The second kappa shape index (κ2) is 10.5. The van der Waals surface area contributed by atoms with Crippen molar-refractivity contribution in [3.63, 3.8) is 0 Å². The third-order valence-corrected chi connectivity index (χ3v) is 7.79. The van der Waals surface area contributed by atoms with Crippen LogP contribution in [0.3, 0.4) is 0 Å². The maximum atomic E-state index is 6.28. The Morgan fingerprint density at radius 3 is 2.59 bits per heavy atom. The van der Waals surface area contributed by atoms with Gasteiger partial charge in [0.05, 0.1) is 11.7 Å². The molecule has 5 heteroatoms. The topological polar surface area (TPSA) is 33.6 Å². The molecule has 6 rings (SSSR count). The number of para-hydroxylation sites is 1. The molecule has 4 aromatic rings. The number of rotatable bonds is 6. The molecule has 0 saturated heterocycles. The van der Waals surface area contributed by atoms with Gasteiger partial charge in [0.2, 0.25) is 0 Å². The van der Waals surface area contributed by atoms with Gasteiger partial charge in [-0.1, -0.05) is 83.9 Å². The van der Waals surface area contributed by atoms with Crippen LogP contribution in [-0.4, -0.2) is 6.21 Å². The monoisotopic (exact) mass is 524 g/mol. The van der Waals surface area contributed by atoms with Gasteiger partial charge in [-0.2, -0.15) is 0 Å². The highest BCUT2D eigenvalue weighted by Crippen LogP contribution is 2.49. The van der Waals surface area contributed by atoms with Crippen LogP contribution in [0.5, 0.6) is 5.75 Å². The van der Waals surface area contributed by atoms with Gasteiger partial charge < -0.3 is 10.1 Å². The fourth-order valence-electron chi connectivity index (χ4n) is 5.31. The first-order valence-corrected chi connectivity index (χ1v) is 13.2. The highest BCUT2D eigenvalue weighted by molar-refractivity contribution is 6.31. The number of ether oxygens (including phenoxy) is 1. The van der Waals surface area contributed by atoms with E-state index in [0.717, 1.165) is 23.2 Å². The van der Waals surface area contributed by atoms with Gasteiger partial charge in [-0.15, -0.1) is 0 Å². The molecular weight excluding hydrogens is 499 g/mol. The molecule has 0 bridgehead atoms. The molecule has 0 fully saturated rings. The van der Waals surface area contributed by atoms with Crippen LogP contribution >= 0.6 is 23.2 Å². The molecule has 0 amide bonds. The molecule has 0 saturated carbocycles. The normalized spacial score (nSPS) is 19.9. The maximum Gasteiger partial charge on any atom is 0.128 e. The maximum absolute atomic E-state index is 6.28. The predicted octanol–water partition coefficient (Wildman–Crippen LogP) is 9.15. The predicted molar refractivity (Wildman–Crippen MR) is 154 cm³/mol. The second-order valence-corrected chi connectivity index (χ2v) is 10.3. The Labute approximate surface area is 227 Å². The molecule has 1 aliphatic heterocycles. The number of anilines is 1. The molecule has 0 spiro atoms. The van der Waals surface area contributed by atoms with Crippen molar-refractivity contribution in [1.29, 1.82) is 0 Å². The fourth-order valence-corrected chi connectivity index (χ4v) is 5.68. The zero-order valence-electron chi connectivity index (χ0n) is 20.1. The lowest BCUT2D eigenvalue weighted by Gasteiger charge is -2.37. The number of benzene rings is 4. The van der Waals surface area contributed by atoms with E-state index in [1.807, 2.05) is 42.5 Å². The number of hydrogen-bond donors (Lipinski definition) is 1. The average Bonchev–Trinajstić information content (AvgIpc) is 3.43. The lowest BCUT2D eigenvalue weighted by atomic mass is 9.77. The number of nitrogens with zero attached hydrogens (tertiary/aromatic N) is 1. The van der Waals surface area contributed by atoms with Gasteiger partial charge in [-0.05, 0) is 65.9 Å². The van der Waals surface area contributed by atoms with Gasteiger partial charge in [0.1, 0.15) is 12.4 Å². The number of halogens is 2. The summed E-state index contributed by atoms with van der Waals surface area (Å²) in [6, 6.07) is 30.6. The van der Waals surface area contributed by atoms with Crippen LogP contribution in [0.1, 0.15) is 40.6 Å². The van der Waals surface area contributed by atoms with Crippen molar-refractivity contribution < 1.29 is 4.74 Å². The van der Waals surface area contributed by atoms with E-state index in [4.69, 9.17) is 32.9 Å². The van der Waals surface area contributed by atoms with Crippen molar-refractivity contribution in [2.24, 2.45) is 10.9 Å². The molecule has 3 nitrogen and oxygen atoms in total. The number of allylic oxidation sites excluding steroid dienone is 2. The van der Waals surface area contributed by atoms with Crippen LogP contribution in [0, 0.1) is 5.92 Å². The van der Waals surface area contributed by atoms with Crippen molar-refractivity contribution in [3.8, 4) is 5.75 Å². The molecule has 1 aliphatic carbocycles. The van der Waals surface area contributed by atoms with Gasteiger partial charge in [-0.25, -0.2) is 0 Å². The molecule has 3 atom stereocenters. The van der Waals surface area contributed by atoms with Crippen LogP contribution in [0.2, 0.25) is 10.0 Å². The lowest BCUT2D eigenvalue weighted by Crippen LogP contribution is -2.28. The molecule has 0 radical (unpaired) electrons. The van der Waals surface area contributed by atoms with Gasteiger partial charge in [0.25, 0.3) is 0 Å². The van der Waals surface area contributed by atoms with Crippen LogP contribution in [-0.2, 0) is 6.61 Å². The smallest absolute Gasteiger partial charge is 0.128 e. The molecular formula is C32H26Cl2N2O. The summed E-state index contributed by atoms with van der Waals surface area (Å²) >= 11 is 12.6. The van der Waals surface area contributed by atoms with Crippen molar-refractivity contribution >= 4 is 40.8 Å². The molecule has 1 heterocycles. The van der Waals surface area contributed by atoms with Crippen LogP contribution < -0.4 is 10.1 Å². The Bertz CT molecular complexity index is 1480. The molecule has 37 heavy (non-hydrogen) atoms. The molecule has 1 N–H and O–H groups in total. The van der Waals surface area contributed by atoms with E-state index in [-0.39, 0.29) is 6.04 Å². The van der Waals surface area contributed by atoms with Gasteiger partial charge in [0.15, 0.2) is 0 Å². The number of nitrogens with one attached hydrogen (secondary N) is 1. The molecule has 2 aliphatic rings. The van der Waals surface area contributed by atoms with Crippen LogP contribution in [0.4, 0.5) is 11.4 Å². The zero-order valence-corrected chi connectivity index (χ0v) is 21.7. The van der Waals surface area contributed by atoms with E-state index >= 15 is 0 Å². The highest BCUT2D eigenvalue weighted by Gasteiger charge is 2.37. The van der Waals surface area contributed by atoms with E-state index < -0.39 is 0 Å². The van der Waals surface area contributed by atoms with Crippen LogP contribution in [0.25, 0.3) is 0 Å². The van der Waals surface area contributed by atoms with E-state index in [1.165, 1.54) is 16.8 Å². The van der Waals surface area contributed by atoms with Crippen molar-refractivity contribution in [2.45, 2.75) is 25.0 Å². The first kappa shape index (κ1) is 23.8. The SMILES string of the molecule is Clc1ccc(OCc2ccccc2Cl)c(C=Nc2ccc([C@@H]3Nc4ccccc4[C@@H]4C=CC[C@H]43)cc2)c1. The summed E-state index contributed by atoms with van der Waals surface area (Å²) in [5.41, 5.74) is 6.52. The zero-order chi connectivity index (χ0) is 25.2. The molecule has 4 aromatic carbocycles. The highest BCUT2D eigenvalue weighted by atomic mass is 35.5. The Kier molecular flexibility index (Phi) is 6.73. The Morgan fingerprint density at radius 1 is 0.919 bits per heavy atom. The summed E-state index contributed by atoms with van der Waals surface area (Å²) in [4.78, 5) is 4.72. The Balaban J connectivity index is 1.19.